The molecule has 5 nitrogen and oxygen atoms in total. The topological polar surface area (TPSA) is 67.4 Å². The van der Waals surface area contributed by atoms with Gasteiger partial charge >= 0.3 is 0 Å². The number of hydrogen-bond donors (Lipinski definition) is 2. The van der Waals surface area contributed by atoms with E-state index in [-0.39, 0.29) is 11.8 Å². The van der Waals surface area contributed by atoms with Crippen LogP contribution < -0.4 is 15.4 Å². The van der Waals surface area contributed by atoms with E-state index in [1.54, 1.807) is 13.2 Å². The van der Waals surface area contributed by atoms with Crippen molar-refractivity contribution < 1.29 is 14.3 Å². The molecule has 0 unspecified atom stereocenters. The van der Waals surface area contributed by atoms with E-state index in [9.17, 15) is 9.59 Å². The van der Waals surface area contributed by atoms with Crippen LogP contribution in [0.1, 0.15) is 17.5 Å². The molecule has 0 fully saturated rings. The number of para-hydroxylation sites is 1. The standard InChI is InChI=1S/C18H18N2O3/c1-23-16-5-3-2-4-12(16)6-9-17(21)19-14-7-8-15-13(10-14)11-18(22)20-15/h2-5,7-8,10H,6,9,11H2,1H3,(H,19,21)(H,20,22). The van der Waals surface area contributed by atoms with Gasteiger partial charge in [0.1, 0.15) is 5.75 Å². The van der Waals surface area contributed by atoms with Gasteiger partial charge in [0.05, 0.1) is 13.5 Å². The Morgan fingerprint density at radius 3 is 2.91 bits per heavy atom. The SMILES string of the molecule is COc1ccccc1CCC(=O)Nc1ccc2c(c1)CC(=O)N2. The van der Waals surface area contributed by atoms with Crippen molar-refractivity contribution in [2.24, 2.45) is 0 Å². The van der Waals surface area contributed by atoms with Crippen LogP contribution in [0.5, 0.6) is 5.75 Å². The summed E-state index contributed by atoms with van der Waals surface area (Å²) in [5.74, 6) is 0.718. The smallest absolute Gasteiger partial charge is 0.228 e. The maximum Gasteiger partial charge on any atom is 0.228 e. The van der Waals surface area contributed by atoms with Crippen molar-refractivity contribution in [3.63, 3.8) is 0 Å². The third-order valence-electron chi connectivity index (χ3n) is 3.83. The lowest BCUT2D eigenvalue weighted by Gasteiger charge is -2.09. The predicted molar refractivity (Wildman–Crippen MR) is 88.7 cm³/mol. The van der Waals surface area contributed by atoms with Crippen molar-refractivity contribution in [3.8, 4) is 5.75 Å². The van der Waals surface area contributed by atoms with Gasteiger partial charge in [0.2, 0.25) is 11.8 Å². The molecule has 0 saturated carbocycles. The van der Waals surface area contributed by atoms with Gasteiger partial charge in [-0.15, -0.1) is 0 Å². The van der Waals surface area contributed by atoms with Gasteiger partial charge in [0, 0.05) is 17.8 Å². The van der Waals surface area contributed by atoms with Crippen LogP contribution in [0.2, 0.25) is 0 Å². The fourth-order valence-corrected chi connectivity index (χ4v) is 2.69. The van der Waals surface area contributed by atoms with E-state index in [2.05, 4.69) is 10.6 Å². The number of benzene rings is 2. The molecule has 0 bridgehead atoms. The molecular formula is C18H18N2O3. The quantitative estimate of drug-likeness (QED) is 0.892. The first kappa shape index (κ1) is 15.1. The monoisotopic (exact) mass is 310 g/mol. The number of ether oxygens (including phenoxy) is 1. The molecule has 0 aliphatic carbocycles. The van der Waals surface area contributed by atoms with E-state index < -0.39 is 0 Å². The van der Waals surface area contributed by atoms with E-state index in [4.69, 9.17) is 4.74 Å². The van der Waals surface area contributed by atoms with Crippen LogP contribution in [-0.2, 0) is 22.4 Å². The van der Waals surface area contributed by atoms with Crippen LogP contribution in [0.4, 0.5) is 11.4 Å². The number of carbonyl (C=O) groups is 2. The molecule has 0 aromatic heterocycles. The van der Waals surface area contributed by atoms with Gasteiger partial charge in [-0.2, -0.15) is 0 Å². The van der Waals surface area contributed by atoms with E-state index in [1.807, 2.05) is 36.4 Å². The van der Waals surface area contributed by atoms with Crippen LogP contribution >= 0.6 is 0 Å². The molecule has 0 spiro atoms. The zero-order valence-corrected chi connectivity index (χ0v) is 12.9. The van der Waals surface area contributed by atoms with Crippen molar-refractivity contribution in [3.05, 3.63) is 53.6 Å². The molecule has 1 aliphatic heterocycles. The average molecular weight is 310 g/mol. The number of hydrogen-bond acceptors (Lipinski definition) is 3. The highest BCUT2D eigenvalue weighted by Crippen LogP contribution is 2.26. The number of fused-ring (bicyclic) bond motifs is 1. The first-order valence-electron chi connectivity index (χ1n) is 7.50. The third-order valence-corrected chi connectivity index (χ3v) is 3.83. The largest absolute Gasteiger partial charge is 0.496 e. The highest BCUT2D eigenvalue weighted by molar-refractivity contribution is 6.00. The maximum absolute atomic E-state index is 12.1. The lowest BCUT2D eigenvalue weighted by atomic mass is 10.1. The molecule has 5 heteroatoms. The number of amides is 2. The number of carbonyl (C=O) groups excluding carboxylic acids is 2. The van der Waals surface area contributed by atoms with Gasteiger partial charge in [-0.1, -0.05) is 18.2 Å². The van der Waals surface area contributed by atoms with Crippen molar-refractivity contribution in [1.29, 1.82) is 0 Å². The summed E-state index contributed by atoms with van der Waals surface area (Å²) in [6, 6.07) is 13.1. The summed E-state index contributed by atoms with van der Waals surface area (Å²) < 4.78 is 5.29. The first-order chi connectivity index (χ1) is 11.2. The Morgan fingerprint density at radius 1 is 1.26 bits per heavy atom. The first-order valence-corrected chi connectivity index (χ1v) is 7.50. The van der Waals surface area contributed by atoms with Gasteiger partial charge in [-0.3, -0.25) is 9.59 Å². The van der Waals surface area contributed by atoms with Crippen molar-refractivity contribution in [1.82, 2.24) is 0 Å². The third kappa shape index (κ3) is 3.51. The molecule has 23 heavy (non-hydrogen) atoms. The summed E-state index contributed by atoms with van der Waals surface area (Å²) in [6.07, 6.45) is 1.34. The summed E-state index contributed by atoms with van der Waals surface area (Å²) in [7, 11) is 1.62. The predicted octanol–water partition coefficient (Wildman–Crippen LogP) is 2.76. The summed E-state index contributed by atoms with van der Waals surface area (Å²) in [5.41, 5.74) is 3.46. The minimum atomic E-state index is -0.0619. The fraction of sp³-hybridized carbons (Fsp3) is 0.222. The van der Waals surface area contributed by atoms with Crippen molar-refractivity contribution >= 4 is 23.2 Å². The van der Waals surface area contributed by atoms with Gasteiger partial charge in [-0.25, -0.2) is 0 Å². The van der Waals surface area contributed by atoms with Crippen LogP contribution in [-0.4, -0.2) is 18.9 Å². The molecule has 2 N–H and O–H groups in total. The Bertz CT molecular complexity index is 756. The minimum Gasteiger partial charge on any atom is -0.496 e. The van der Waals surface area contributed by atoms with Gasteiger partial charge in [0.25, 0.3) is 0 Å². The second kappa shape index (κ2) is 6.52. The van der Waals surface area contributed by atoms with E-state index in [0.29, 0.717) is 24.9 Å². The van der Waals surface area contributed by atoms with E-state index >= 15 is 0 Å². The Balaban J connectivity index is 1.60. The summed E-state index contributed by atoms with van der Waals surface area (Å²) >= 11 is 0. The molecule has 0 atom stereocenters. The van der Waals surface area contributed by atoms with Crippen molar-refractivity contribution in [2.45, 2.75) is 19.3 Å². The number of rotatable bonds is 5. The molecule has 0 saturated heterocycles. The zero-order chi connectivity index (χ0) is 16.2. The maximum atomic E-state index is 12.1. The summed E-state index contributed by atoms with van der Waals surface area (Å²) in [6.45, 7) is 0. The molecule has 2 amide bonds. The van der Waals surface area contributed by atoms with Crippen LogP contribution in [0.15, 0.2) is 42.5 Å². The Kier molecular flexibility index (Phi) is 4.28. The normalized spacial score (nSPS) is 12.5. The van der Waals surface area contributed by atoms with Crippen molar-refractivity contribution in [2.75, 3.05) is 17.7 Å². The zero-order valence-electron chi connectivity index (χ0n) is 12.9. The Morgan fingerprint density at radius 2 is 2.09 bits per heavy atom. The molecular weight excluding hydrogens is 292 g/mol. The van der Waals surface area contributed by atoms with E-state index in [1.165, 1.54) is 0 Å². The summed E-state index contributed by atoms with van der Waals surface area (Å²) in [4.78, 5) is 23.5. The molecule has 1 aliphatic rings. The lowest BCUT2D eigenvalue weighted by Crippen LogP contribution is -2.12. The van der Waals surface area contributed by atoms with Crippen LogP contribution in [0, 0.1) is 0 Å². The molecule has 118 valence electrons. The molecule has 3 rings (SSSR count). The highest BCUT2D eigenvalue weighted by atomic mass is 16.5. The highest BCUT2D eigenvalue weighted by Gasteiger charge is 2.17. The summed E-state index contributed by atoms with van der Waals surface area (Å²) in [5, 5.41) is 5.65. The Labute approximate surface area is 134 Å². The molecule has 0 radical (unpaired) electrons. The van der Waals surface area contributed by atoms with E-state index in [0.717, 1.165) is 22.6 Å². The molecule has 2 aromatic carbocycles. The number of anilines is 2. The Hall–Kier alpha value is -2.82. The number of methoxy groups -OCH3 is 1. The number of nitrogens with one attached hydrogen (secondary N) is 2. The second-order valence-corrected chi connectivity index (χ2v) is 5.46. The van der Waals surface area contributed by atoms with Crippen LogP contribution in [0.25, 0.3) is 0 Å². The van der Waals surface area contributed by atoms with Crippen LogP contribution in [0.3, 0.4) is 0 Å². The number of aryl methyl sites for hydroxylation is 1. The van der Waals surface area contributed by atoms with Gasteiger partial charge < -0.3 is 15.4 Å². The molecule has 2 aromatic rings. The molecule has 1 heterocycles. The average Bonchev–Trinajstić information content (AvgIpc) is 2.92. The fourth-order valence-electron chi connectivity index (χ4n) is 2.69. The lowest BCUT2D eigenvalue weighted by molar-refractivity contribution is -0.116. The second-order valence-electron chi connectivity index (χ2n) is 5.46. The van der Waals surface area contributed by atoms with Gasteiger partial charge in [0.15, 0.2) is 0 Å². The minimum absolute atomic E-state index is 0.0142. The van der Waals surface area contributed by atoms with Gasteiger partial charge in [-0.05, 0) is 41.8 Å².